The molecule has 1 rings (SSSR count). The van der Waals surface area contributed by atoms with Crippen LogP contribution in [0.5, 0.6) is 5.75 Å². The van der Waals surface area contributed by atoms with E-state index in [-0.39, 0.29) is 12.5 Å². The van der Waals surface area contributed by atoms with Gasteiger partial charge in [0.05, 0.1) is 6.61 Å². The molecule has 1 aromatic carbocycles. The predicted molar refractivity (Wildman–Crippen MR) is 88.0 cm³/mol. The van der Waals surface area contributed by atoms with E-state index in [2.05, 4.69) is 5.32 Å². The molecule has 0 unspecified atom stereocenters. The zero-order chi connectivity index (χ0) is 15.3. The van der Waals surface area contributed by atoms with Crippen LogP contribution in [0.15, 0.2) is 24.3 Å². The topological polar surface area (TPSA) is 58.6 Å². The number of ether oxygens (including phenoxy) is 1. The van der Waals surface area contributed by atoms with Crippen molar-refractivity contribution in [3.8, 4) is 5.75 Å². The summed E-state index contributed by atoms with van der Waals surface area (Å²) < 4.78 is 5.55. The first-order valence-electron chi connectivity index (χ1n) is 7.44. The van der Waals surface area contributed by atoms with Crippen molar-refractivity contribution < 1.29 is 14.6 Å². The van der Waals surface area contributed by atoms with Gasteiger partial charge in [-0.25, -0.2) is 0 Å². The molecule has 0 spiro atoms. The Kier molecular flexibility index (Phi) is 9.74. The average Bonchev–Trinajstić information content (AvgIpc) is 2.50. The number of benzene rings is 1. The van der Waals surface area contributed by atoms with Gasteiger partial charge in [-0.1, -0.05) is 18.2 Å². The van der Waals surface area contributed by atoms with Crippen molar-refractivity contribution in [1.82, 2.24) is 5.32 Å². The van der Waals surface area contributed by atoms with Gasteiger partial charge in [-0.15, -0.1) is 0 Å². The molecule has 1 amide bonds. The molecule has 4 nitrogen and oxygen atoms in total. The van der Waals surface area contributed by atoms with Crippen LogP contribution >= 0.6 is 11.8 Å². The lowest BCUT2D eigenvalue weighted by molar-refractivity contribution is -0.120. The normalized spacial score (nSPS) is 10.4. The Labute approximate surface area is 131 Å². The predicted octanol–water partition coefficient (Wildman–Crippen LogP) is 2.25. The van der Waals surface area contributed by atoms with Crippen molar-refractivity contribution >= 4 is 17.7 Å². The molecule has 118 valence electrons. The lowest BCUT2D eigenvalue weighted by atomic mass is 10.1. The molecule has 0 aromatic heterocycles. The van der Waals surface area contributed by atoms with E-state index in [1.165, 1.54) is 0 Å². The number of nitrogens with one attached hydrogen (secondary N) is 1. The van der Waals surface area contributed by atoms with Crippen molar-refractivity contribution in [3.63, 3.8) is 0 Å². The standard InChI is InChI=1S/C16H25NO3S/c1-2-20-15-7-4-3-6-14(15)8-9-16(19)17-10-13-21-12-5-11-18/h3-4,6-7,18H,2,5,8-13H2,1H3,(H,17,19). The third-order valence-corrected chi connectivity index (χ3v) is 3.98. The fourth-order valence-corrected chi connectivity index (χ4v) is 2.66. The van der Waals surface area contributed by atoms with E-state index >= 15 is 0 Å². The van der Waals surface area contributed by atoms with E-state index in [0.717, 1.165) is 29.2 Å². The molecule has 0 saturated heterocycles. The molecular formula is C16H25NO3S. The minimum absolute atomic E-state index is 0.0732. The second-order valence-corrected chi connectivity index (χ2v) is 5.80. The Hall–Kier alpha value is -1.20. The summed E-state index contributed by atoms with van der Waals surface area (Å²) in [6.07, 6.45) is 1.98. The summed E-state index contributed by atoms with van der Waals surface area (Å²) in [6, 6.07) is 7.85. The fraction of sp³-hybridized carbons (Fsp3) is 0.562. The first-order chi connectivity index (χ1) is 10.3. The average molecular weight is 311 g/mol. The number of para-hydroxylation sites is 1. The molecule has 2 N–H and O–H groups in total. The van der Waals surface area contributed by atoms with Gasteiger partial charge in [0.25, 0.3) is 0 Å². The molecule has 0 saturated carbocycles. The molecular weight excluding hydrogens is 286 g/mol. The van der Waals surface area contributed by atoms with Gasteiger partial charge in [0.15, 0.2) is 0 Å². The van der Waals surface area contributed by atoms with Crippen molar-refractivity contribution in [3.05, 3.63) is 29.8 Å². The number of aryl methyl sites for hydroxylation is 1. The third kappa shape index (κ3) is 7.97. The number of aliphatic hydroxyl groups excluding tert-OH is 1. The highest BCUT2D eigenvalue weighted by Gasteiger charge is 2.06. The number of carbonyl (C=O) groups excluding carboxylic acids is 1. The van der Waals surface area contributed by atoms with Gasteiger partial charge in [0.1, 0.15) is 5.75 Å². The molecule has 5 heteroatoms. The monoisotopic (exact) mass is 311 g/mol. The number of hydrogen-bond donors (Lipinski definition) is 2. The first kappa shape index (κ1) is 17.9. The summed E-state index contributed by atoms with van der Waals surface area (Å²) >= 11 is 1.75. The summed E-state index contributed by atoms with van der Waals surface area (Å²) in [6.45, 7) is 3.51. The molecule has 0 atom stereocenters. The number of hydrogen-bond acceptors (Lipinski definition) is 4. The first-order valence-corrected chi connectivity index (χ1v) is 8.59. The lowest BCUT2D eigenvalue weighted by Crippen LogP contribution is -2.26. The van der Waals surface area contributed by atoms with Crippen LogP contribution in [0.1, 0.15) is 25.3 Å². The molecule has 0 bridgehead atoms. The van der Waals surface area contributed by atoms with E-state index in [4.69, 9.17) is 9.84 Å². The Morgan fingerprint density at radius 1 is 1.33 bits per heavy atom. The zero-order valence-corrected chi connectivity index (χ0v) is 13.5. The van der Waals surface area contributed by atoms with E-state index < -0.39 is 0 Å². The Morgan fingerprint density at radius 2 is 2.14 bits per heavy atom. The minimum atomic E-state index is 0.0732. The number of amides is 1. The lowest BCUT2D eigenvalue weighted by Gasteiger charge is -2.10. The smallest absolute Gasteiger partial charge is 0.220 e. The van der Waals surface area contributed by atoms with Crippen LogP contribution in [0.2, 0.25) is 0 Å². The maximum atomic E-state index is 11.8. The van der Waals surface area contributed by atoms with Crippen LogP contribution in [-0.4, -0.2) is 42.3 Å². The Morgan fingerprint density at radius 3 is 2.90 bits per heavy atom. The maximum absolute atomic E-state index is 11.8. The van der Waals surface area contributed by atoms with Gasteiger partial charge in [-0.2, -0.15) is 11.8 Å². The van der Waals surface area contributed by atoms with Gasteiger partial charge >= 0.3 is 0 Å². The van der Waals surface area contributed by atoms with Gasteiger partial charge in [0.2, 0.25) is 5.91 Å². The van der Waals surface area contributed by atoms with Gasteiger partial charge in [0, 0.05) is 25.3 Å². The van der Waals surface area contributed by atoms with Crippen LogP contribution in [0.25, 0.3) is 0 Å². The van der Waals surface area contributed by atoms with E-state index in [9.17, 15) is 4.79 Å². The summed E-state index contributed by atoms with van der Waals surface area (Å²) in [5, 5.41) is 11.6. The number of aliphatic hydroxyl groups is 1. The molecule has 0 heterocycles. The number of thioether (sulfide) groups is 1. The SMILES string of the molecule is CCOc1ccccc1CCC(=O)NCCSCCCO. The zero-order valence-electron chi connectivity index (χ0n) is 12.6. The summed E-state index contributed by atoms with van der Waals surface area (Å²) in [4.78, 5) is 11.8. The van der Waals surface area contributed by atoms with E-state index in [1.807, 2.05) is 31.2 Å². The van der Waals surface area contributed by atoms with Crippen molar-refractivity contribution in [2.45, 2.75) is 26.2 Å². The van der Waals surface area contributed by atoms with Gasteiger partial charge in [-0.3, -0.25) is 4.79 Å². The molecule has 0 radical (unpaired) electrons. The second-order valence-electron chi connectivity index (χ2n) is 4.58. The molecule has 0 aliphatic rings. The quantitative estimate of drug-likeness (QED) is 0.615. The van der Waals surface area contributed by atoms with Crippen LogP contribution in [0.3, 0.4) is 0 Å². The van der Waals surface area contributed by atoms with E-state index in [1.54, 1.807) is 11.8 Å². The van der Waals surface area contributed by atoms with Gasteiger partial charge in [-0.05, 0) is 37.1 Å². The summed E-state index contributed by atoms with van der Waals surface area (Å²) in [5.41, 5.74) is 1.08. The molecule has 0 aliphatic heterocycles. The van der Waals surface area contributed by atoms with E-state index in [0.29, 0.717) is 26.0 Å². The third-order valence-electron chi connectivity index (χ3n) is 2.91. The summed E-state index contributed by atoms with van der Waals surface area (Å²) in [5.74, 6) is 2.77. The number of carbonyl (C=O) groups is 1. The van der Waals surface area contributed by atoms with Crippen molar-refractivity contribution in [1.29, 1.82) is 0 Å². The van der Waals surface area contributed by atoms with Crippen molar-refractivity contribution in [2.24, 2.45) is 0 Å². The largest absolute Gasteiger partial charge is 0.494 e. The van der Waals surface area contributed by atoms with Crippen LogP contribution < -0.4 is 10.1 Å². The maximum Gasteiger partial charge on any atom is 0.220 e. The summed E-state index contributed by atoms with van der Waals surface area (Å²) in [7, 11) is 0. The fourth-order valence-electron chi connectivity index (χ4n) is 1.87. The molecule has 0 fully saturated rings. The minimum Gasteiger partial charge on any atom is -0.494 e. The Balaban J connectivity index is 2.21. The van der Waals surface area contributed by atoms with Crippen LogP contribution in [0.4, 0.5) is 0 Å². The van der Waals surface area contributed by atoms with Crippen LogP contribution in [-0.2, 0) is 11.2 Å². The highest BCUT2D eigenvalue weighted by molar-refractivity contribution is 7.99. The molecule has 1 aromatic rings. The second kappa shape index (κ2) is 11.5. The number of rotatable bonds is 11. The Bertz CT molecular complexity index is 412. The van der Waals surface area contributed by atoms with Crippen molar-refractivity contribution in [2.75, 3.05) is 31.3 Å². The molecule has 21 heavy (non-hydrogen) atoms. The highest BCUT2D eigenvalue weighted by atomic mass is 32.2. The van der Waals surface area contributed by atoms with Crippen LogP contribution in [0, 0.1) is 0 Å². The molecule has 0 aliphatic carbocycles. The highest BCUT2D eigenvalue weighted by Crippen LogP contribution is 2.19. The van der Waals surface area contributed by atoms with Gasteiger partial charge < -0.3 is 15.2 Å².